The van der Waals surface area contributed by atoms with Gasteiger partial charge >= 0.3 is 0 Å². The van der Waals surface area contributed by atoms with Crippen molar-refractivity contribution >= 4 is 17.6 Å². The van der Waals surface area contributed by atoms with Crippen LogP contribution in [0.2, 0.25) is 0 Å². The first-order valence-corrected chi connectivity index (χ1v) is 13.2. The summed E-state index contributed by atoms with van der Waals surface area (Å²) in [6.07, 6.45) is 4.93. The lowest BCUT2D eigenvalue weighted by molar-refractivity contribution is 0.296. The average Bonchev–Trinajstić information content (AvgIpc) is 3.34. The largest absolute Gasteiger partial charge is 0.370 e. The molecule has 5 nitrogen and oxygen atoms in total. The number of aryl methyl sites for hydroxylation is 1. The van der Waals surface area contributed by atoms with E-state index in [0.29, 0.717) is 0 Å². The Kier molecular flexibility index (Phi) is 8.22. The van der Waals surface area contributed by atoms with Crippen molar-refractivity contribution in [2.24, 2.45) is 0 Å². The fourth-order valence-corrected chi connectivity index (χ4v) is 5.48. The number of hydrogen-bond donors (Lipinski definition) is 1. The van der Waals surface area contributed by atoms with Gasteiger partial charge in [0.05, 0.1) is 5.69 Å². The van der Waals surface area contributed by atoms with Crippen molar-refractivity contribution < 1.29 is 0 Å². The van der Waals surface area contributed by atoms with Gasteiger partial charge in [-0.05, 0) is 69.7 Å². The predicted molar refractivity (Wildman–Crippen MR) is 133 cm³/mol. The molecule has 2 aliphatic rings. The standard InChI is InChI=1S/C25H37N5S/c1-3-29(4-2)18-20-8-10-21(11-9-20)24-27-23-12-17-31-19-22(23)25(28-24)26-13-7-16-30-14-5-6-15-30/h8-11H,3-7,12-19H2,1-2H3,(H,26,27,28). The molecule has 0 amide bonds. The van der Waals surface area contributed by atoms with Gasteiger partial charge in [0.2, 0.25) is 0 Å². The number of thioether (sulfide) groups is 1. The number of rotatable bonds is 10. The van der Waals surface area contributed by atoms with Gasteiger partial charge in [0.15, 0.2) is 5.82 Å². The molecule has 0 aliphatic carbocycles. The Balaban J connectivity index is 1.46. The molecule has 1 aromatic heterocycles. The second kappa shape index (κ2) is 11.3. The van der Waals surface area contributed by atoms with Gasteiger partial charge in [0.1, 0.15) is 5.82 Å². The maximum atomic E-state index is 4.99. The second-order valence-corrected chi connectivity index (χ2v) is 9.72. The molecule has 3 heterocycles. The number of anilines is 1. The van der Waals surface area contributed by atoms with Crippen molar-refractivity contribution in [1.82, 2.24) is 19.8 Å². The minimum Gasteiger partial charge on any atom is -0.370 e. The van der Waals surface area contributed by atoms with Crippen LogP contribution in [0.25, 0.3) is 11.4 Å². The molecule has 0 atom stereocenters. The van der Waals surface area contributed by atoms with E-state index in [2.05, 4.69) is 53.2 Å². The van der Waals surface area contributed by atoms with Crippen LogP contribution in [0.5, 0.6) is 0 Å². The molecule has 1 saturated heterocycles. The topological polar surface area (TPSA) is 44.3 Å². The van der Waals surface area contributed by atoms with E-state index >= 15 is 0 Å². The van der Waals surface area contributed by atoms with Crippen LogP contribution in [-0.4, -0.2) is 64.8 Å². The number of nitrogens with one attached hydrogen (secondary N) is 1. The van der Waals surface area contributed by atoms with Crippen molar-refractivity contribution in [3.05, 3.63) is 41.1 Å². The molecule has 1 fully saturated rings. The lowest BCUT2D eigenvalue weighted by Gasteiger charge is -2.21. The Bertz CT molecular complexity index is 829. The maximum absolute atomic E-state index is 4.99. The molecule has 2 aromatic rings. The normalized spacial score (nSPS) is 16.6. The van der Waals surface area contributed by atoms with Gasteiger partial charge in [-0.2, -0.15) is 11.8 Å². The maximum Gasteiger partial charge on any atom is 0.161 e. The van der Waals surface area contributed by atoms with Gasteiger partial charge in [-0.15, -0.1) is 0 Å². The Morgan fingerprint density at radius 3 is 2.58 bits per heavy atom. The molecule has 168 valence electrons. The summed E-state index contributed by atoms with van der Waals surface area (Å²) in [5.41, 5.74) is 5.02. The number of benzene rings is 1. The average molecular weight is 440 g/mol. The zero-order chi connectivity index (χ0) is 21.5. The van der Waals surface area contributed by atoms with Crippen LogP contribution in [0.1, 0.15) is 49.9 Å². The molecule has 2 aliphatic heterocycles. The van der Waals surface area contributed by atoms with Crippen molar-refractivity contribution in [3.63, 3.8) is 0 Å². The summed E-state index contributed by atoms with van der Waals surface area (Å²) >= 11 is 1.99. The van der Waals surface area contributed by atoms with Crippen LogP contribution in [0.3, 0.4) is 0 Å². The van der Waals surface area contributed by atoms with Gasteiger partial charge in [0, 0.05) is 30.0 Å². The van der Waals surface area contributed by atoms with Gasteiger partial charge in [-0.25, -0.2) is 9.97 Å². The van der Waals surface area contributed by atoms with E-state index in [1.807, 2.05) is 11.8 Å². The first kappa shape index (κ1) is 22.6. The number of likely N-dealkylation sites (tertiary alicyclic amines) is 1. The summed E-state index contributed by atoms with van der Waals surface area (Å²) in [5.74, 6) is 4.09. The zero-order valence-corrected chi connectivity index (χ0v) is 20.0. The van der Waals surface area contributed by atoms with E-state index in [0.717, 1.165) is 61.3 Å². The van der Waals surface area contributed by atoms with Crippen LogP contribution >= 0.6 is 11.8 Å². The van der Waals surface area contributed by atoms with Crippen LogP contribution in [0.15, 0.2) is 24.3 Å². The van der Waals surface area contributed by atoms with Crippen LogP contribution < -0.4 is 5.32 Å². The van der Waals surface area contributed by atoms with E-state index in [4.69, 9.17) is 9.97 Å². The Labute approximate surface area is 192 Å². The molecule has 4 rings (SSSR count). The third kappa shape index (κ3) is 5.99. The smallest absolute Gasteiger partial charge is 0.161 e. The Morgan fingerprint density at radius 2 is 1.84 bits per heavy atom. The first-order chi connectivity index (χ1) is 15.3. The number of fused-ring (bicyclic) bond motifs is 1. The van der Waals surface area contributed by atoms with Crippen molar-refractivity contribution in [2.75, 3.05) is 50.3 Å². The highest BCUT2D eigenvalue weighted by molar-refractivity contribution is 7.98. The molecule has 31 heavy (non-hydrogen) atoms. The van der Waals surface area contributed by atoms with Gasteiger partial charge in [-0.3, -0.25) is 4.90 Å². The molecule has 0 saturated carbocycles. The summed E-state index contributed by atoms with van der Waals surface area (Å²) in [4.78, 5) is 15.0. The molecule has 6 heteroatoms. The molecule has 1 aromatic carbocycles. The number of aromatic nitrogens is 2. The SMILES string of the molecule is CCN(CC)Cc1ccc(-c2nc3c(c(NCCCN4CCCC4)n2)CSCC3)cc1. The Hall–Kier alpha value is -1.63. The molecule has 0 unspecified atom stereocenters. The summed E-state index contributed by atoms with van der Waals surface area (Å²) in [7, 11) is 0. The predicted octanol–water partition coefficient (Wildman–Crippen LogP) is 4.67. The van der Waals surface area contributed by atoms with Crippen LogP contribution in [-0.2, 0) is 18.7 Å². The van der Waals surface area contributed by atoms with E-state index < -0.39 is 0 Å². The summed E-state index contributed by atoms with van der Waals surface area (Å²) in [6, 6.07) is 8.84. The summed E-state index contributed by atoms with van der Waals surface area (Å²) < 4.78 is 0. The van der Waals surface area contributed by atoms with Gasteiger partial charge in [-0.1, -0.05) is 38.1 Å². The van der Waals surface area contributed by atoms with E-state index in [1.54, 1.807) is 0 Å². The molecule has 0 bridgehead atoms. The lowest BCUT2D eigenvalue weighted by Crippen LogP contribution is -2.23. The van der Waals surface area contributed by atoms with Crippen molar-refractivity contribution in [2.45, 2.75) is 51.8 Å². The molecule has 0 radical (unpaired) electrons. The molecular weight excluding hydrogens is 402 g/mol. The second-order valence-electron chi connectivity index (χ2n) is 8.61. The quantitative estimate of drug-likeness (QED) is 0.543. The third-order valence-corrected chi connectivity index (χ3v) is 7.46. The Morgan fingerprint density at radius 1 is 1.06 bits per heavy atom. The van der Waals surface area contributed by atoms with Gasteiger partial charge in [0.25, 0.3) is 0 Å². The minimum absolute atomic E-state index is 0.863. The number of hydrogen-bond acceptors (Lipinski definition) is 6. The third-order valence-electron chi connectivity index (χ3n) is 6.48. The van der Waals surface area contributed by atoms with E-state index in [1.165, 1.54) is 55.7 Å². The fraction of sp³-hybridized carbons (Fsp3) is 0.600. The molecule has 1 N–H and O–H groups in total. The van der Waals surface area contributed by atoms with Crippen molar-refractivity contribution in [3.8, 4) is 11.4 Å². The number of nitrogens with zero attached hydrogens (tertiary/aromatic N) is 4. The van der Waals surface area contributed by atoms with E-state index in [9.17, 15) is 0 Å². The van der Waals surface area contributed by atoms with Gasteiger partial charge < -0.3 is 10.2 Å². The van der Waals surface area contributed by atoms with Crippen LogP contribution in [0, 0.1) is 0 Å². The molecular formula is C25H37N5S. The first-order valence-electron chi connectivity index (χ1n) is 12.0. The van der Waals surface area contributed by atoms with E-state index in [-0.39, 0.29) is 0 Å². The summed E-state index contributed by atoms with van der Waals surface area (Å²) in [5, 5.41) is 3.66. The lowest BCUT2D eigenvalue weighted by atomic mass is 10.1. The highest BCUT2D eigenvalue weighted by atomic mass is 32.2. The van der Waals surface area contributed by atoms with Crippen molar-refractivity contribution in [1.29, 1.82) is 0 Å². The molecule has 0 spiro atoms. The monoisotopic (exact) mass is 439 g/mol. The highest BCUT2D eigenvalue weighted by Gasteiger charge is 2.19. The van der Waals surface area contributed by atoms with Crippen LogP contribution in [0.4, 0.5) is 5.82 Å². The highest BCUT2D eigenvalue weighted by Crippen LogP contribution is 2.31. The summed E-state index contributed by atoms with van der Waals surface area (Å²) in [6.45, 7) is 12.3. The fourth-order valence-electron chi connectivity index (χ4n) is 4.49. The minimum atomic E-state index is 0.863. The zero-order valence-electron chi connectivity index (χ0n) is 19.2.